The molecule has 4 nitrogen and oxygen atoms in total. The van der Waals surface area contributed by atoms with Crippen LogP contribution in [0.15, 0.2) is 30.3 Å². The molecule has 2 rings (SSSR count). The second-order valence-corrected chi connectivity index (χ2v) is 4.04. The van der Waals surface area contributed by atoms with Crippen molar-refractivity contribution in [2.75, 3.05) is 0 Å². The summed E-state index contributed by atoms with van der Waals surface area (Å²) < 4.78 is 0. The second kappa shape index (κ2) is 4.82. The van der Waals surface area contributed by atoms with E-state index in [0.29, 0.717) is 11.6 Å². The van der Waals surface area contributed by atoms with E-state index in [9.17, 15) is 9.59 Å². The Morgan fingerprint density at radius 2 is 1.88 bits per heavy atom. The highest BCUT2D eigenvalue weighted by Gasteiger charge is 2.23. The van der Waals surface area contributed by atoms with Gasteiger partial charge < -0.3 is 10.4 Å². The Morgan fingerprint density at radius 1 is 1.24 bits per heavy atom. The van der Waals surface area contributed by atoms with E-state index in [4.69, 9.17) is 5.11 Å². The third-order valence-electron chi connectivity index (χ3n) is 2.50. The first-order chi connectivity index (χ1) is 8.15. The Balaban J connectivity index is 2.01. The first kappa shape index (κ1) is 11.4. The van der Waals surface area contributed by atoms with Crippen molar-refractivity contribution < 1.29 is 14.7 Å². The summed E-state index contributed by atoms with van der Waals surface area (Å²) in [6.45, 7) is 0. The second-order valence-electron chi connectivity index (χ2n) is 4.04. The van der Waals surface area contributed by atoms with E-state index >= 15 is 0 Å². The van der Waals surface area contributed by atoms with Gasteiger partial charge in [-0.3, -0.25) is 4.79 Å². The fourth-order valence-corrected chi connectivity index (χ4v) is 1.41. The molecule has 1 aromatic carbocycles. The van der Waals surface area contributed by atoms with Crippen LogP contribution in [-0.4, -0.2) is 23.0 Å². The maximum Gasteiger partial charge on any atom is 0.328 e. The van der Waals surface area contributed by atoms with Gasteiger partial charge in [0.2, 0.25) is 0 Å². The van der Waals surface area contributed by atoms with Gasteiger partial charge in [-0.1, -0.05) is 12.1 Å². The van der Waals surface area contributed by atoms with Gasteiger partial charge in [-0.15, -0.1) is 0 Å². The summed E-state index contributed by atoms with van der Waals surface area (Å²) in [5.74, 6) is -1.05. The molecule has 0 aliphatic heterocycles. The molecule has 0 aromatic heterocycles. The molecule has 88 valence electrons. The van der Waals surface area contributed by atoms with Crippen LogP contribution in [0.5, 0.6) is 0 Å². The lowest BCUT2D eigenvalue weighted by Crippen LogP contribution is -2.25. The highest BCUT2D eigenvalue weighted by molar-refractivity contribution is 5.94. The smallest absolute Gasteiger partial charge is 0.328 e. The van der Waals surface area contributed by atoms with Crippen LogP contribution in [0.1, 0.15) is 28.8 Å². The van der Waals surface area contributed by atoms with E-state index < -0.39 is 5.97 Å². The van der Waals surface area contributed by atoms with Crippen molar-refractivity contribution in [2.24, 2.45) is 0 Å². The molecule has 0 atom stereocenters. The lowest BCUT2D eigenvalue weighted by Gasteiger charge is -2.03. The Bertz CT molecular complexity index is 458. The van der Waals surface area contributed by atoms with Crippen LogP contribution >= 0.6 is 0 Å². The molecule has 1 saturated carbocycles. The van der Waals surface area contributed by atoms with Crippen molar-refractivity contribution in [2.45, 2.75) is 18.9 Å². The van der Waals surface area contributed by atoms with Crippen molar-refractivity contribution in [1.29, 1.82) is 0 Å². The van der Waals surface area contributed by atoms with E-state index in [0.717, 1.165) is 24.5 Å². The van der Waals surface area contributed by atoms with Gasteiger partial charge >= 0.3 is 5.97 Å². The predicted octanol–water partition coefficient (Wildman–Crippen LogP) is 1.68. The zero-order chi connectivity index (χ0) is 12.3. The molecule has 0 unspecified atom stereocenters. The SMILES string of the molecule is O=C(O)/C=C\c1ccc(C(=O)NC2CC2)cc1. The molecule has 0 spiro atoms. The molecule has 0 saturated heterocycles. The van der Waals surface area contributed by atoms with Crippen molar-refractivity contribution in [3.63, 3.8) is 0 Å². The number of amides is 1. The minimum atomic E-state index is -0.986. The highest BCUT2D eigenvalue weighted by Crippen LogP contribution is 2.19. The number of rotatable bonds is 4. The van der Waals surface area contributed by atoms with Gasteiger partial charge in [0.1, 0.15) is 0 Å². The molecule has 1 amide bonds. The molecule has 1 aromatic rings. The van der Waals surface area contributed by atoms with Crippen LogP contribution < -0.4 is 5.32 Å². The Hall–Kier alpha value is -2.10. The van der Waals surface area contributed by atoms with E-state index in [1.165, 1.54) is 6.08 Å². The number of benzene rings is 1. The number of hydrogen-bond acceptors (Lipinski definition) is 2. The van der Waals surface area contributed by atoms with Crippen LogP contribution in [0.25, 0.3) is 6.08 Å². The summed E-state index contributed by atoms with van der Waals surface area (Å²) in [4.78, 5) is 22.0. The fraction of sp³-hybridized carbons (Fsp3) is 0.231. The molecule has 17 heavy (non-hydrogen) atoms. The van der Waals surface area contributed by atoms with Crippen molar-refractivity contribution in [1.82, 2.24) is 5.32 Å². The van der Waals surface area contributed by atoms with Gasteiger partial charge in [0, 0.05) is 17.7 Å². The molecule has 0 bridgehead atoms. The van der Waals surface area contributed by atoms with Gasteiger partial charge in [0.25, 0.3) is 5.91 Å². The van der Waals surface area contributed by atoms with E-state index in [1.807, 2.05) is 0 Å². The number of hydrogen-bond donors (Lipinski definition) is 2. The molecule has 1 aliphatic carbocycles. The van der Waals surface area contributed by atoms with Gasteiger partial charge in [-0.25, -0.2) is 4.79 Å². The summed E-state index contributed by atoms with van der Waals surface area (Å²) in [6.07, 6.45) is 4.68. The van der Waals surface area contributed by atoms with Crippen molar-refractivity contribution in [3.8, 4) is 0 Å². The highest BCUT2D eigenvalue weighted by atomic mass is 16.4. The quantitative estimate of drug-likeness (QED) is 0.775. The predicted molar refractivity (Wildman–Crippen MR) is 63.6 cm³/mol. The summed E-state index contributed by atoms with van der Waals surface area (Å²) in [6, 6.07) is 7.18. The lowest BCUT2D eigenvalue weighted by molar-refractivity contribution is -0.131. The number of aliphatic carboxylic acids is 1. The number of nitrogens with one attached hydrogen (secondary N) is 1. The third-order valence-corrected chi connectivity index (χ3v) is 2.50. The minimum absolute atomic E-state index is 0.0683. The molecule has 1 fully saturated rings. The van der Waals surface area contributed by atoms with E-state index in [-0.39, 0.29) is 5.91 Å². The van der Waals surface area contributed by atoms with Crippen LogP contribution in [0.3, 0.4) is 0 Å². The molecule has 0 radical (unpaired) electrons. The van der Waals surface area contributed by atoms with Gasteiger partial charge in [0.05, 0.1) is 0 Å². The summed E-state index contributed by atoms with van der Waals surface area (Å²) >= 11 is 0. The van der Waals surface area contributed by atoms with Gasteiger partial charge in [-0.05, 0) is 36.6 Å². The van der Waals surface area contributed by atoms with Crippen LogP contribution in [0.2, 0.25) is 0 Å². The first-order valence-electron chi connectivity index (χ1n) is 5.47. The monoisotopic (exact) mass is 231 g/mol. The number of carbonyl (C=O) groups excluding carboxylic acids is 1. The number of carbonyl (C=O) groups is 2. The van der Waals surface area contributed by atoms with Gasteiger partial charge in [0.15, 0.2) is 0 Å². The number of carboxylic acid groups (broad SMARTS) is 1. The van der Waals surface area contributed by atoms with Crippen molar-refractivity contribution >= 4 is 18.0 Å². The Kier molecular flexibility index (Phi) is 3.23. The largest absolute Gasteiger partial charge is 0.478 e. The molecule has 4 heteroatoms. The summed E-state index contributed by atoms with van der Waals surface area (Å²) in [5.41, 5.74) is 1.36. The van der Waals surface area contributed by atoms with E-state index in [2.05, 4.69) is 5.32 Å². The lowest BCUT2D eigenvalue weighted by atomic mass is 10.1. The van der Waals surface area contributed by atoms with E-state index in [1.54, 1.807) is 24.3 Å². The Morgan fingerprint density at radius 3 is 2.41 bits per heavy atom. The Labute approximate surface area is 99.0 Å². The minimum Gasteiger partial charge on any atom is -0.478 e. The fourth-order valence-electron chi connectivity index (χ4n) is 1.41. The third kappa shape index (κ3) is 3.45. The molecular weight excluding hydrogens is 218 g/mol. The molecule has 1 aliphatic rings. The van der Waals surface area contributed by atoms with Gasteiger partial charge in [-0.2, -0.15) is 0 Å². The normalized spacial score (nSPS) is 14.8. The molecule has 2 N–H and O–H groups in total. The average molecular weight is 231 g/mol. The topological polar surface area (TPSA) is 66.4 Å². The van der Waals surface area contributed by atoms with Crippen LogP contribution in [-0.2, 0) is 4.79 Å². The van der Waals surface area contributed by atoms with Crippen LogP contribution in [0.4, 0.5) is 0 Å². The number of carboxylic acids is 1. The zero-order valence-electron chi connectivity index (χ0n) is 9.22. The molecular formula is C13H13NO3. The maximum atomic E-state index is 11.6. The summed E-state index contributed by atoms with van der Waals surface area (Å²) in [5, 5.41) is 11.4. The first-order valence-corrected chi connectivity index (χ1v) is 5.47. The zero-order valence-corrected chi connectivity index (χ0v) is 9.22. The average Bonchev–Trinajstić information content (AvgIpc) is 3.11. The van der Waals surface area contributed by atoms with Crippen molar-refractivity contribution in [3.05, 3.63) is 41.5 Å². The maximum absolute atomic E-state index is 11.6. The standard InChI is InChI=1S/C13H13NO3/c15-12(16)8-3-9-1-4-10(5-2-9)13(17)14-11-6-7-11/h1-5,8,11H,6-7H2,(H,14,17)(H,15,16)/b8-3-. The van der Waals surface area contributed by atoms with Crippen LogP contribution in [0, 0.1) is 0 Å². The molecule has 0 heterocycles. The summed E-state index contributed by atoms with van der Waals surface area (Å²) in [7, 11) is 0.